The fourth-order valence-corrected chi connectivity index (χ4v) is 2.61. The van der Waals surface area contributed by atoms with E-state index in [1.165, 1.54) is 36.8 Å². The van der Waals surface area contributed by atoms with E-state index in [0.29, 0.717) is 11.1 Å². The molecule has 0 unspecified atom stereocenters. The van der Waals surface area contributed by atoms with E-state index in [9.17, 15) is 19.8 Å². The summed E-state index contributed by atoms with van der Waals surface area (Å²) in [5.41, 5.74) is -0.0360. The van der Waals surface area contributed by atoms with Crippen LogP contribution in [0.25, 0.3) is 0 Å². The zero-order chi connectivity index (χ0) is 20.2. The monoisotopic (exact) mass is 366 g/mol. The van der Waals surface area contributed by atoms with Crippen LogP contribution in [0.15, 0.2) is 36.4 Å². The van der Waals surface area contributed by atoms with Gasteiger partial charge in [0.05, 0.1) is 0 Å². The Kier molecular flexibility index (Phi) is 5.33. The molecule has 2 N–H and O–H groups in total. The van der Waals surface area contributed by atoms with Gasteiger partial charge in [0.25, 0.3) is 12.5 Å². The Labute approximate surface area is 154 Å². The van der Waals surface area contributed by atoms with Gasteiger partial charge in [-0.15, -0.1) is 10.5 Å². The van der Waals surface area contributed by atoms with Crippen LogP contribution in [0.2, 0.25) is 0 Å². The van der Waals surface area contributed by atoms with Crippen molar-refractivity contribution in [1.82, 2.24) is 0 Å². The molecule has 0 atom stereocenters. The molecule has 2 rings (SSSR count). The standard InChI is InChI=1S/C19H14N2O6/c1-19(2,11-3-5-15(26-9-20)13(7-11)17(22)23)12-4-6-16(27-10-21)14(8-12)18(24)25/h3-8H,1-2H3,(H,22,23)(H,24,25). The molecule has 0 bridgehead atoms. The number of carbonyl (C=O) groups is 2. The van der Waals surface area contributed by atoms with Crippen molar-refractivity contribution < 1.29 is 29.3 Å². The zero-order valence-electron chi connectivity index (χ0n) is 14.4. The molecule has 0 spiro atoms. The number of carboxylic acid groups (broad SMARTS) is 2. The highest BCUT2D eigenvalue weighted by Gasteiger charge is 2.27. The van der Waals surface area contributed by atoms with Gasteiger partial charge in [-0.05, 0) is 35.4 Å². The summed E-state index contributed by atoms with van der Waals surface area (Å²) in [6.45, 7) is 3.56. The molecule has 0 amide bonds. The molecule has 2 aromatic rings. The Morgan fingerprint density at radius 1 is 0.852 bits per heavy atom. The molecule has 8 nitrogen and oxygen atoms in total. The average molecular weight is 366 g/mol. The number of nitrogens with zero attached hydrogens (tertiary/aromatic N) is 2. The molecule has 2 aromatic carbocycles. The van der Waals surface area contributed by atoms with Crippen LogP contribution in [0, 0.1) is 23.0 Å². The third-order valence-electron chi connectivity index (χ3n) is 4.17. The van der Waals surface area contributed by atoms with Crippen molar-refractivity contribution in [2.75, 3.05) is 0 Å². The molecular formula is C19H14N2O6. The first-order valence-corrected chi connectivity index (χ1v) is 7.60. The molecule has 0 aliphatic rings. The van der Waals surface area contributed by atoms with E-state index in [2.05, 4.69) is 9.47 Å². The molecule has 27 heavy (non-hydrogen) atoms. The minimum Gasteiger partial charge on any atom is -0.478 e. The van der Waals surface area contributed by atoms with Crippen molar-refractivity contribution in [2.24, 2.45) is 0 Å². The highest BCUT2D eigenvalue weighted by atomic mass is 16.5. The molecule has 8 heteroatoms. The van der Waals surface area contributed by atoms with Gasteiger partial charge in [-0.2, -0.15) is 0 Å². The van der Waals surface area contributed by atoms with E-state index in [4.69, 9.17) is 10.5 Å². The maximum absolute atomic E-state index is 11.5. The van der Waals surface area contributed by atoms with Crippen LogP contribution in [0.1, 0.15) is 45.7 Å². The Balaban J connectivity index is 2.59. The van der Waals surface area contributed by atoms with E-state index in [1.54, 1.807) is 26.0 Å². The van der Waals surface area contributed by atoms with Gasteiger partial charge < -0.3 is 19.7 Å². The van der Waals surface area contributed by atoms with Crippen LogP contribution >= 0.6 is 0 Å². The van der Waals surface area contributed by atoms with Crippen LogP contribution in [0.4, 0.5) is 0 Å². The maximum atomic E-state index is 11.5. The number of hydrogen-bond acceptors (Lipinski definition) is 6. The van der Waals surface area contributed by atoms with Crippen molar-refractivity contribution in [2.45, 2.75) is 19.3 Å². The Morgan fingerprint density at radius 2 is 1.22 bits per heavy atom. The van der Waals surface area contributed by atoms with Gasteiger partial charge in [-0.3, -0.25) is 0 Å². The second-order valence-electron chi connectivity index (χ2n) is 6.04. The number of hydrogen-bond donors (Lipinski definition) is 2. The first kappa shape index (κ1) is 19.3. The predicted octanol–water partition coefficient (Wildman–Crippen LogP) is 3.13. The van der Waals surface area contributed by atoms with E-state index >= 15 is 0 Å². The summed E-state index contributed by atoms with van der Waals surface area (Å²) in [5, 5.41) is 36.0. The predicted molar refractivity (Wildman–Crippen MR) is 91.4 cm³/mol. The molecule has 136 valence electrons. The lowest BCUT2D eigenvalue weighted by Crippen LogP contribution is -2.20. The Bertz CT molecular complexity index is 919. The molecular weight excluding hydrogens is 352 g/mol. The van der Waals surface area contributed by atoms with Gasteiger partial charge in [0.1, 0.15) is 11.1 Å². The quantitative estimate of drug-likeness (QED) is 0.743. The third kappa shape index (κ3) is 3.80. The normalized spacial score (nSPS) is 10.4. The minimum absolute atomic E-state index is 0.0893. The minimum atomic E-state index is -1.26. The molecule has 0 radical (unpaired) electrons. The lowest BCUT2D eigenvalue weighted by atomic mass is 9.77. The van der Waals surface area contributed by atoms with Gasteiger partial charge in [-0.25, -0.2) is 9.59 Å². The van der Waals surface area contributed by atoms with Crippen molar-refractivity contribution in [3.63, 3.8) is 0 Å². The van der Waals surface area contributed by atoms with Crippen LogP contribution in [-0.4, -0.2) is 22.2 Å². The fraction of sp³-hybridized carbons (Fsp3) is 0.158. The summed E-state index contributed by atoms with van der Waals surface area (Å²) in [4.78, 5) is 22.9. The second kappa shape index (κ2) is 7.46. The van der Waals surface area contributed by atoms with Gasteiger partial charge in [-0.1, -0.05) is 26.0 Å². The van der Waals surface area contributed by atoms with E-state index < -0.39 is 17.4 Å². The van der Waals surface area contributed by atoms with Crippen LogP contribution in [-0.2, 0) is 5.41 Å². The van der Waals surface area contributed by atoms with Crippen molar-refractivity contribution >= 4 is 11.9 Å². The number of carboxylic acids is 2. The molecule has 0 heterocycles. The highest BCUT2D eigenvalue weighted by Crippen LogP contribution is 2.36. The molecule has 0 aliphatic heterocycles. The Morgan fingerprint density at radius 3 is 1.52 bits per heavy atom. The first-order chi connectivity index (χ1) is 12.7. The lowest BCUT2D eigenvalue weighted by Gasteiger charge is -2.27. The van der Waals surface area contributed by atoms with Crippen molar-refractivity contribution in [3.8, 4) is 24.0 Å². The van der Waals surface area contributed by atoms with Crippen LogP contribution < -0.4 is 9.47 Å². The molecule has 0 saturated carbocycles. The van der Waals surface area contributed by atoms with Gasteiger partial charge in [0.2, 0.25) is 0 Å². The second-order valence-corrected chi connectivity index (χ2v) is 6.04. The number of benzene rings is 2. The average Bonchev–Trinajstić information content (AvgIpc) is 2.62. The first-order valence-electron chi connectivity index (χ1n) is 7.60. The summed E-state index contributed by atoms with van der Waals surface area (Å²) in [5.74, 6) is -2.70. The summed E-state index contributed by atoms with van der Waals surface area (Å²) < 4.78 is 9.33. The summed E-state index contributed by atoms with van der Waals surface area (Å²) in [6, 6.07) is 8.67. The number of nitriles is 2. The smallest absolute Gasteiger partial charge is 0.339 e. The van der Waals surface area contributed by atoms with E-state index in [1.807, 2.05) is 0 Å². The summed E-state index contributed by atoms with van der Waals surface area (Å²) in [6.07, 6.45) is 2.88. The maximum Gasteiger partial charge on any atom is 0.339 e. The summed E-state index contributed by atoms with van der Waals surface area (Å²) in [7, 11) is 0. The third-order valence-corrected chi connectivity index (χ3v) is 4.17. The number of ether oxygens (including phenoxy) is 2. The summed E-state index contributed by atoms with van der Waals surface area (Å²) >= 11 is 0. The highest BCUT2D eigenvalue weighted by molar-refractivity contribution is 5.92. The van der Waals surface area contributed by atoms with Crippen LogP contribution in [0.5, 0.6) is 11.5 Å². The van der Waals surface area contributed by atoms with Gasteiger partial charge in [0.15, 0.2) is 11.5 Å². The largest absolute Gasteiger partial charge is 0.478 e. The van der Waals surface area contributed by atoms with E-state index in [0.717, 1.165) is 0 Å². The number of rotatable bonds is 6. The molecule has 0 fully saturated rings. The fourth-order valence-electron chi connectivity index (χ4n) is 2.61. The van der Waals surface area contributed by atoms with Crippen molar-refractivity contribution in [3.05, 3.63) is 58.7 Å². The van der Waals surface area contributed by atoms with Gasteiger partial charge in [0, 0.05) is 5.41 Å². The van der Waals surface area contributed by atoms with Gasteiger partial charge >= 0.3 is 11.9 Å². The topological polar surface area (TPSA) is 141 Å². The molecule has 0 saturated heterocycles. The SMILES string of the molecule is CC(C)(c1ccc(OC#N)c(C(=O)O)c1)c1ccc(OC#N)c(C(=O)O)c1. The lowest BCUT2D eigenvalue weighted by molar-refractivity contribution is 0.0683. The zero-order valence-corrected chi connectivity index (χ0v) is 14.4. The van der Waals surface area contributed by atoms with Crippen LogP contribution in [0.3, 0.4) is 0 Å². The Hall–Kier alpha value is -4.04. The van der Waals surface area contributed by atoms with E-state index in [-0.39, 0.29) is 22.6 Å². The molecule has 0 aliphatic carbocycles. The number of aromatic carboxylic acids is 2. The van der Waals surface area contributed by atoms with Crippen molar-refractivity contribution in [1.29, 1.82) is 10.5 Å². The molecule has 0 aromatic heterocycles.